The normalized spacial score (nSPS) is 13.6. The van der Waals surface area contributed by atoms with E-state index < -0.39 is 11.7 Å². The zero-order chi connectivity index (χ0) is 13.2. The molecule has 1 aromatic heterocycles. The van der Waals surface area contributed by atoms with Gasteiger partial charge in [0.2, 0.25) is 0 Å². The Kier molecular flexibility index (Phi) is 3.92. The van der Waals surface area contributed by atoms with Gasteiger partial charge in [-0.2, -0.15) is 13.2 Å². The van der Waals surface area contributed by atoms with Crippen molar-refractivity contribution >= 4 is 22.9 Å². The van der Waals surface area contributed by atoms with Crippen LogP contribution in [0.25, 0.3) is 0 Å². The van der Waals surface area contributed by atoms with E-state index in [0.717, 1.165) is 22.6 Å². The van der Waals surface area contributed by atoms with Crippen LogP contribution in [0.2, 0.25) is 0 Å². The zero-order valence-corrected chi connectivity index (χ0v) is 10.7. The van der Waals surface area contributed by atoms with Crippen LogP contribution in [0.1, 0.15) is 21.4 Å². The van der Waals surface area contributed by atoms with Gasteiger partial charge in [0, 0.05) is 11.1 Å². The molecular formula is C12H9ClF3NS. The molecule has 0 radical (unpaired) electrons. The van der Waals surface area contributed by atoms with Gasteiger partial charge in [-0.15, -0.1) is 22.9 Å². The SMILES string of the molecule is FC(F)(F)c1ccc(CC(Cl)c2cncs2)cc1. The van der Waals surface area contributed by atoms with Crippen molar-refractivity contribution < 1.29 is 13.2 Å². The molecule has 6 heteroatoms. The molecule has 0 spiro atoms. The van der Waals surface area contributed by atoms with Crippen LogP contribution in [-0.2, 0) is 12.6 Å². The Morgan fingerprint density at radius 1 is 1.22 bits per heavy atom. The van der Waals surface area contributed by atoms with Gasteiger partial charge >= 0.3 is 6.18 Å². The third-order valence-corrected chi connectivity index (χ3v) is 3.86. The average Bonchev–Trinajstić information content (AvgIpc) is 2.82. The fourth-order valence-electron chi connectivity index (χ4n) is 1.52. The molecule has 1 aromatic carbocycles. The molecule has 2 rings (SSSR count). The van der Waals surface area contributed by atoms with Gasteiger partial charge in [0.1, 0.15) is 0 Å². The first-order valence-corrected chi connectivity index (χ1v) is 6.47. The van der Waals surface area contributed by atoms with Crippen molar-refractivity contribution in [2.75, 3.05) is 0 Å². The standard InChI is InChI=1S/C12H9ClF3NS/c13-10(11-6-17-7-18-11)5-8-1-3-9(4-2-8)12(14,15)16/h1-4,6-7,10H,5H2. The van der Waals surface area contributed by atoms with Gasteiger partial charge in [0.05, 0.1) is 16.5 Å². The van der Waals surface area contributed by atoms with E-state index in [2.05, 4.69) is 4.98 Å². The van der Waals surface area contributed by atoms with Crippen LogP contribution in [0.5, 0.6) is 0 Å². The lowest BCUT2D eigenvalue weighted by molar-refractivity contribution is -0.137. The van der Waals surface area contributed by atoms with Crippen LogP contribution >= 0.6 is 22.9 Å². The smallest absolute Gasteiger partial charge is 0.253 e. The summed E-state index contributed by atoms with van der Waals surface area (Å²) in [7, 11) is 0. The monoisotopic (exact) mass is 291 g/mol. The van der Waals surface area contributed by atoms with Gasteiger partial charge < -0.3 is 0 Å². The van der Waals surface area contributed by atoms with Crippen molar-refractivity contribution in [3.8, 4) is 0 Å². The second kappa shape index (κ2) is 5.28. The van der Waals surface area contributed by atoms with Crippen LogP contribution in [0, 0.1) is 0 Å². The molecule has 2 aromatic rings. The minimum Gasteiger partial charge on any atom is -0.253 e. The largest absolute Gasteiger partial charge is 0.416 e. The predicted molar refractivity (Wildman–Crippen MR) is 65.9 cm³/mol. The van der Waals surface area contributed by atoms with E-state index >= 15 is 0 Å². The molecule has 1 nitrogen and oxygen atoms in total. The van der Waals surface area contributed by atoms with E-state index in [1.54, 1.807) is 11.7 Å². The number of nitrogens with zero attached hydrogens (tertiary/aromatic N) is 1. The van der Waals surface area contributed by atoms with Gasteiger partial charge in [0.25, 0.3) is 0 Å². The molecule has 0 aliphatic rings. The Bertz CT molecular complexity index is 493. The number of benzene rings is 1. The van der Waals surface area contributed by atoms with Crippen molar-refractivity contribution in [1.29, 1.82) is 0 Å². The molecule has 0 saturated heterocycles. The van der Waals surface area contributed by atoms with Crippen LogP contribution < -0.4 is 0 Å². The number of thiazole rings is 1. The summed E-state index contributed by atoms with van der Waals surface area (Å²) in [4.78, 5) is 4.83. The van der Waals surface area contributed by atoms with Gasteiger partial charge in [-0.1, -0.05) is 12.1 Å². The minimum atomic E-state index is -4.30. The predicted octanol–water partition coefficient (Wildman–Crippen LogP) is 4.68. The van der Waals surface area contributed by atoms with Gasteiger partial charge in [-0.05, 0) is 24.1 Å². The maximum atomic E-state index is 12.4. The van der Waals surface area contributed by atoms with Gasteiger partial charge in [-0.25, -0.2) is 0 Å². The molecular weight excluding hydrogens is 283 g/mol. The molecule has 0 N–H and O–H groups in total. The summed E-state index contributed by atoms with van der Waals surface area (Å²) in [5.74, 6) is 0. The molecule has 1 unspecified atom stereocenters. The molecule has 0 fully saturated rings. The number of rotatable bonds is 3. The highest BCUT2D eigenvalue weighted by Gasteiger charge is 2.29. The third kappa shape index (κ3) is 3.23. The Balaban J connectivity index is 2.07. The number of hydrogen-bond donors (Lipinski definition) is 0. The molecule has 0 aliphatic carbocycles. The fraction of sp³-hybridized carbons (Fsp3) is 0.250. The summed E-state index contributed by atoms with van der Waals surface area (Å²) in [6, 6.07) is 5.07. The molecule has 0 amide bonds. The fourth-order valence-corrected chi connectivity index (χ4v) is 2.50. The third-order valence-electron chi connectivity index (χ3n) is 2.46. The van der Waals surface area contributed by atoms with E-state index in [-0.39, 0.29) is 5.38 Å². The van der Waals surface area contributed by atoms with Crippen molar-refractivity contribution in [2.45, 2.75) is 18.0 Å². The first kappa shape index (κ1) is 13.4. The zero-order valence-electron chi connectivity index (χ0n) is 9.12. The van der Waals surface area contributed by atoms with E-state index in [4.69, 9.17) is 11.6 Å². The van der Waals surface area contributed by atoms with Gasteiger partial charge in [-0.3, -0.25) is 4.98 Å². The number of halogens is 4. The topological polar surface area (TPSA) is 12.9 Å². The van der Waals surface area contributed by atoms with Crippen LogP contribution in [0.4, 0.5) is 13.2 Å². The van der Waals surface area contributed by atoms with Gasteiger partial charge in [0.15, 0.2) is 0 Å². The quantitative estimate of drug-likeness (QED) is 0.748. The molecule has 0 bridgehead atoms. The lowest BCUT2D eigenvalue weighted by Crippen LogP contribution is -2.04. The number of hydrogen-bond acceptors (Lipinski definition) is 2. The minimum absolute atomic E-state index is 0.255. The Labute approximate surface area is 111 Å². The summed E-state index contributed by atoms with van der Waals surface area (Å²) in [5, 5.41) is -0.255. The van der Waals surface area contributed by atoms with Crippen molar-refractivity contribution in [3.63, 3.8) is 0 Å². The summed E-state index contributed by atoms with van der Waals surface area (Å²) >= 11 is 7.59. The molecule has 0 saturated carbocycles. The van der Waals surface area contributed by atoms with Crippen molar-refractivity contribution in [1.82, 2.24) is 4.98 Å². The lowest BCUT2D eigenvalue weighted by atomic mass is 10.1. The molecule has 1 heterocycles. The summed E-state index contributed by atoms with van der Waals surface area (Å²) in [6.07, 6.45) is -2.13. The van der Waals surface area contributed by atoms with E-state index in [9.17, 15) is 13.2 Å². The Hall–Kier alpha value is -1.07. The first-order chi connectivity index (χ1) is 8.47. The highest BCUT2D eigenvalue weighted by Crippen LogP contribution is 2.31. The van der Waals surface area contributed by atoms with E-state index in [1.165, 1.54) is 23.5 Å². The second-order valence-corrected chi connectivity index (χ2v) is 5.21. The number of alkyl halides is 4. The van der Waals surface area contributed by atoms with Crippen molar-refractivity contribution in [3.05, 3.63) is 52.0 Å². The van der Waals surface area contributed by atoms with Crippen LogP contribution in [-0.4, -0.2) is 4.98 Å². The summed E-state index contributed by atoms with van der Waals surface area (Å²) in [6.45, 7) is 0. The number of aromatic nitrogens is 1. The molecule has 0 aliphatic heterocycles. The summed E-state index contributed by atoms with van der Waals surface area (Å²) in [5.41, 5.74) is 1.81. The highest BCUT2D eigenvalue weighted by atomic mass is 35.5. The van der Waals surface area contributed by atoms with Crippen molar-refractivity contribution in [2.24, 2.45) is 0 Å². The first-order valence-electron chi connectivity index (χ1n) is 5.15. The van der Waals surface area contributed by atoms with E-state index in [1.807, 2.05) is 0 Å². The lowest BCUT2D eigenvalue weighted by Gasteiger charge is -2.09. The average molecular weight is 292 g/mol. The van der Waals surface area contributed by atoms with Crippen LogP contribution in [0.3, 0.4) is 0 Å². The Morgan fingerprint density at radius 3 is 2.39 bits per heavy atom. The summed E-state index contributed by atoms with van der Waals surface area (Å²) < 4.78 is 37.1. The molecule has 96 valence electrons. The molecule has 1 atom stereocenters. The Morgan fingerprint density at radius 2 is 1.89 bits per heavy atom. The second-order valence-electron chi connectivity index (χ2n) is 3.77. The maximum absolute atomic E-state index is 12.4. The van der Waals surface area contributed by atoms with E-state index in [0.29, 0.717) is 6.42 Å². The maximum Gasteiger partial charge on any atom is 0.416 e. The van der Waals surface area contributed by atoms with Crippen LogP contribution in [0.15, 0.2) is 36.0 Å². The molecule has 18 heavy (non-hydrogen) atoms. The highest BCUT2D eigenvalue weighted by molar-refractivity contribution is 7.09.